The van der Waals surface area contributed by atoms with E-state index in [9.17, 15) is 4.79 Å². The third-order valence-electron chi connectivity index (χ3n) is 6.07. The van der Waals surface area contributed by atoms with Gasteiger partial charge in [0.25, 0.3) is 0 Å². The van der Waals surface area contributed by atoms with Crippen LogP contribution in [0.15, 0.2) is 35.4 Å². The quantitative estimate of drug-likeness (QED) is 0.778. The lowest BCUT2D eigenvalue weighted by Gasteiger charge is -2.56. The Bertz CT molecular complexity index is 752. The van der Waals surface area contributed by atoms with Crippen LogP contribution in [-0.4, -0.2) is 32.7 Å². The molecule has 1 N–H and O–H groups in total. The summed E-state index contributed by atoms with van der Waals surface area (Å²) in [4.78, 5) is 15.7. The highest BCUT2D eigenvalue weighted by molar-refractivity contribution is 8.01. The van der Waals surface area contributed by atoms with Crippen molar-refractivity contribution in [1.82, 2.24) is 10.3 Å². The van der Waals surface area contributed by atoms with Crippen LogP contribution in [0.1, 0.15) is 53.1 Å². The third kappa shape index (κ3) is 2.02. The number of hydrogen-bond acceptors (Lipinski definition) is 4. The van der Waals surface area contributed by atoms with E-state index in [1.165, 1.54) is 0 Å². The standard InChI is InChI=1S/C20H27N3OS/c1-12-19(5,6)25-17-20(16(24)23(12)17)14(13-10-8-7-9-11-13)21-22-15(20)18(2,3)4/h7-12,14,17,21H,1-6H3/t12-,14?,17+,20?/m0/s1. The Morgan fingerprint density at radius 2 is 1.84 bits per heavy atom. The van der Waals surface area contributed by atoms with E-state index in [2.05, 4.69) is 64.0 Å². The lowest BCUT2D eigenvalue weighted by atomic mass is 9.61. The molecule has 1 spiro atoms. The summed E-state index contributed by atoms with van der Waals surface area (Å²) in [5, 5.41) is 4.87. The molecule has 3 aliphatic rings. The van der Waals surface area contributed by atoms with Gasteiger partial charge in [-0.3, -0.25) is 4.79 Å². The first-order valence-corrected chi connectivity index (χ1v) is 9.89. The lowest BCUT2D eigenvalue weighted by molar-refractivity contribution is -0.161. The summed E-state index contributed by atoms with van der Waals surface area (Å²) in [5.41, 5.74) is 4.73. The highest BCUT2D eigenvalue weighted by Gasteiger charge is 2.76. The van der Waals surface area contributed by atoms with Gasteiger partial charge in [0.1, 0.15) is 10.8 Å². The Labute approximate surface area is 154 Å². The van der Waals surface area contributed by atoms with E-state index in [0.29, 0.717) is 0 Å². The second kappa shape index (κ2) is 5.03. The minimum absolute atomic E-state index is 0.0522. The minimum Gasteiger partial charge on any atom is -0.324 e. The maximum absolute atomic E-state index is 13.6. The van der Waals surface area contributed by atoms with Crippen molar-refractivity contribution in [2.75, 3.05) is 0 Å². The zero-order valence-electron chi connectivity index (χ0n) is 15.8. The number of amides is 1. The number of nitrogens with one attached hydrogen (secondary N) is 1. The van der Waals surface area contributed by atoms with Gasteiger partial charge in [0.2, 0.25) is 5.91 Å². The Balaban J connectivity index is 1.85. The average molecular weight is 358 g/mol. The van der Waals surface area contributed by atoms with Gasteiger partial charge in [-0.15, -0.1) is 11.8 Å². The molecule has 0 saturated carbocycles. The largest absolute Gasteiger partial charge is 0.324 e. The first-order valence-electron chi connectivity index (χ1n) is 9.01. The van der Waals surface area contributed by atoms with E-state index < -0.39 is 5.41 Å². The molecule has 25 heavy (non-hydrogen) atoms. The zero-order chi connectivity index (χ0) is 18.2. The number of β-lactam (4-membered cyclic amide) rings is 1. The van der Waals surface area contributed by atoms with Crippen LogP contribution in [0.3, 0.4) is 0 Å². The first-order chi connectivity index (χ1) is 11.6. The second-order valence-electron chi connectivity index (χ2n) is 9.01. The van der Waals surface area contributed by atoms with E-state index in [0.717, 1.165) is 11.3 Å². The van der Waals surface area contributed by atoms with Crippen molar-refractivity contribution < 1.29 is 4.79 Å². The number of benzene rings is 1. The Morgan fingerprint density at radius 1 is 1.20 bits per heavy atom. The molecule has 1 aromatic carbocycles. The van der Waals surface area contributed by atoms with Crippen LogP contribution in [0.5, 0.6) is 0 Å². The van der Waals surface area contributed by atoms with Crippen LogP contribution in [0.4, 0.5) is 0 Å². The monoisotopic (exact) mass is 357 g/mol. The van der Waals surface area contributed by atoms with Crippen molar-refractivity contribution in [3.05, 3.63) is 35.9 Å². The Morgan fingerprint density at radius 3 is 2.44 bits per heavy atom. The SMILES string of the molecule is C[C@@H]1N2C(=O)C3(C(C(C)(C)C)=NNC3c3ccccc3)[C@H]2SC1(C)C. The summed E-state index contributed by atoms with van der Waals surface area (Å²) in [7, 11) is 0. The fourth-order valence-electron chi connectivity index (χ4n) is 4.54. The molecule has 134 valence electrons. The van der Waals surface area contributed by atoms with E-state index in [1.54, 1.807) is 0 Å². The summed E-state index contributed by atoms with van der Waals surface area (Å²) in [6.45, 7) is 13.1. The van der Waals surface area contributed by atoms with Crippen LogP contribution in [-0.2, 0) is 4.79 Å². The molecule has 2 fully saturated rings. The molecule has 4 atom stereocenters. The number of rotatable bonds is 1. The van der Waals surface area contributed by atoms with Crippen LogP contribution in [0.2, 0.25) is 0 Å². The third-order valence-corrected chi connectivity index (χ3v) is 7.84. The molecule has 2 saturated heterocycles. The number of fused-ring (bicyclic) bond motifs is 2. The van der Waals surface area contributed by atoms with E-state index >= 15 is 0 Å². The molecule has 4 rings (SSSR count). The lowest BCUT2D eigenvalue weighted by Crippen LogP contribution is -2.73. The van der Waals surface area contributed by atoms with Gasteiger partial charge in [0.15, 0.2) is 0 Å². The molecule has 1 aromatic rings. The van der Waals surface area contributed by atoms with Gasteiger partial charge in [0.05, 0.1) is 11.8 Å². The molecule has 5 heteroatoms. The van der Waals surface area contributed by atoms with Crippen molar-refractivity contribution in [3.8, 4) is 0 Å². The summed E-state index contributed by atoms with van der Waals surface area (Å²) in [5.74, 6) is 0.232. The summed E-state index contributed by atoms with van der Waals surface area (Å²) < 4.78 is 0.0522. The maximum atomic E-state index is 13.6. The van der Waals surface area contributed by atoms with Crippen LogP contribution < -0.4 is 5.43 Å². The fourth-order valence-corrected chi connectivity index (χ4v) is 6.36. The van der Waals surface area contributed by atoms with Crippen LogP contribution >= 0.6 is 11.8 Å². The summed E-state index contributed by atoms with van der Waals surface area (Å²) in [6, 6.07) is 10.4. The number of carbonyl (C=O) groups is 1. The maximum Gasteiger partial charge on any atom is 0.241 e. The predicted octanol–water partition coefficient (Wildman–Crippen LogP) is 3.80. The van der Waals surface area contributed by atoms with Gasteiger partial charge in [-0.25, -0.2) is 0 Å². The summed E-state index contributed by atoms with van der Waals surface area (Å²) >= 11 is 1.93. The smallest absolute Gasteiger partial charge is 0.241 e. The number of hydrazone groups is 1. The number of thioether (sulfide) groups is 1. The van der Waals surface area contributed by atoms with Gasteiger partial charge in [-0.05, 0) is 26.3 Å². The molecular weight excluding hydrogens is 330 g/mol. The molecular formula is C20H27N3OS. The number of nitrogens with zero attached hydrogens (tertiary/aromatic N) is 2. The minimum atomic E-state index is -0.577. The highest BCUT2D eigenvalue weighted by atomic mass is 32.2. The average Bonchev–Trinajstić information content (AvgIpc) is 3.05. The Hall–Kier alpha value is -1.49. The summed E-state index contributed by atoms with van der Waals surface area (Å²) in [6.07, 6.45) is 0. The molecule has 0 aromatic heterocycles. The zero-order valence-corrected chi connectivity index (χ0v) is 16.6. The van der Waals surface area contributed by atoms with E-state index in [1.807, 2.05) is 30.0 Å². The van der Waals surface area contributed by atoms with Crippen molar-refractivity contribution in [2.24, 2.45) is 15.9 Å². The molecule has 0 bridgehead atoms. The molecule has 1 amide bonds. The molecule has 3 heterocycles. The van der Waals surface area contributed by atoms with Gasteiger partial charge in [-0.2, -0.15) is 5.10 Å². The fraction of sp³-hybridized carbons (Fsp3) is 0.600. The first kappa shape index (κ1) is 17.0. The second-order valence-corrected chi connectivity index (χ2v) is 10.7. The predicted molar refractivity (Wildman–Crippen MR) is 103 cm³/mol. The van der Waals surface area contributed by atoms with Gasteiger partial charge in [0, 0.05) is 16.2 Å². The molecule has 3 aliphatic heterocycles. The Kier molecular flexibility index (Phi) is 3.41. The number of carbonyl (C=O) groups excluding carboxylic acids is 1. The van der Waals surface area contributed by atoms with Gasteiger partial charge >= 0.3 is 0 Å². The van der Waals surface area contributed by atoms with Gasteiger partial charge < -0.3 is 10.3 Å². The van der Waals surface area contributed by atoms with E-state index in [4.69, 9.17) is 5.10 Å². The molecule has 2 unspecified atom stereocenters. The van der Waals surface area contributed by atoms with E-state index in [-0.39, 0.29) is 33.5 Å². The van der Waals surface area contributed by atoms with Crippen molar-refractivity contribution >= 4 is 23.4 Å². The van der Waals surface area contributed by atoms with Crippen LogP contribution in [0.25, 0.3) is 0 Å². The topological polar surface area (TPSA) is 44.7 Å². The van der Waals surface area contributed by atoms with Crippen molar-refractivity contribution in [2.45, 2.75) is 63.7 Å². The molecule has 0 radical (unpaired) electrons. The van der Waals surface area contributed by atoms with Crippen LogP contribution in [0, 0.1) is 10.8 Å². The molecule has 0 aliphatic carbocycles. The number of hydrogen-bond donors (Lipinski definition) is 1. The van der Waals surface area contributed by atoms with Crippen molar-refractivity contribution in [1.29, 1.82) is 0 Å². The van der Waals surface area contributed by atoms with Crippen molar-refractivity contribution in [3.63, 3.8) is 0 Å². The normalized spacial score (nSPS) is 36.1. The van der Waals surface area contributed by atoms with Gasteiger partial charge in [-0.1, -0.05) is 51.1 Å². The molecule has 4 nitrogen and oxygen atoms in total. The highest BCUT2D eigenvalue weighted by Crippen LogP contribution is 2.65.